The summed E-state index contributed by atoms with van der Waals surface area (Å²) in [5.74, 6) is 0.308. The molecule has 0 saturated carbocycles. The molecular formula is C17H27O4P. The number of benzene rings is 1. The van der Waals surface area contributed by atoms with Gasteiger partial charge >= 0.3 is 5.97 Å². The molecule has 0 heterocycles. The molecular weight excluding hydrogens is 299 g/mol. The third-order valence-electron chi connectivity index (χ3n) is 2.58. The molecule has 5 heteroatoms. The van der Waals surface area contributed by atoms with Crippen LogP contribution in [0, 0.1) is 0 Å². The van der Waals surface area contributed by atoms with E-state index in [0.717, 1.165) is 0 Å². The molecule has 0 amide bonds. The zero-order chi connectivity index (χ0) is 17.0. The quantitative estimate of drug-likeness (QED) is 0.610. The van der Waals surface area contributed by atoms with Gasteiger partial charge in [-0.15, -0.1) is 0 Å². The molecule has 1 aromatic carbocycles. The molecule has 0 aromatic heterocycles. The van der Waals surface area contributed by atoms with Gasteiger partial charge in [0.05, 0.1) is 11.7 Å². The predicted octanol–water partition coefficient (Wildman–Crippen LogP) is 3.78. The van der Waals surface area contributed by atoms with Crippen LogP contribution in [0.25, 0.3) is 0 Å². The summed E-state index contributed by atoms with van der Waals surface area (Å²) in [6.45, 7) is 11.3. The second-order valence-electron chi connectivity index (χ2n) is 7.22. The minimum Gasteiger partial charge on any atom is -0.487 e. The number of carbonyl (C=O) groups is 1. The number of para-hydroxylation sites is 1. The van der Waals surface area contributed by atoms with Crippen LogP contribution in [-0.4, -0.2) is 23.3 Å². The van der Waals surface area contributed by atoms with E-state index in [1.807, 2.05) is 59.7 Å². The maximum atomic E-state index is 12.5. The number of carbonyl (C=O) groups excluding carboxylic acids is 1. The van der Waals surface area contributed by atoms with E-state index in [1.54, 1.807) is 6.07 Å². The van der Waals surface area contributed by atoms with E-state index in [2.05, 4.69) is 0 Å². The van der Waals surface area contributed by atoms with Crippen LogP contribution in [0.5, 0.6) is 5.75 Å². The predicted molar refractivity (Wildman–Crippen MR) is 90.8 cm³/mol. The van der Waals surface area contributed by atoms with Gasteiger partial charge in [-0.1, -0.05) is 12.1 Å². The smallest absolute Gasteiger partial charge is 0.306 e. The SMILES string of the molecule is CC(C)(C)OC(=O)CC[PH](=O)c1ccccc1OC(C)(C)C. The van der Waals surface area contributed by atoms with Gasteiger partial charge in [0.15, 0.2) is 0 Å². The fourth-order valence-electron chi connectivity index (χ4n) is 1.86. The fourth-order valence-corrected chi connectivity index (χ4v) is 3.25. The van der Waals surface area contributed by atoms with Crippen LogP contribution >= 0.6 is 7.80 Å². The van der Waals surface area contributed by atoms with Gasteiger partial charge in [-0.2, -0.15) is 0 Å². The third kappa shape index (κ3) is 7.13. The highest BCUT2D eigenvalue weighted by molar-refractivity contribution is 7.53. The van der Waals surface area contributed by atoms with E-state index in [4.69, 9.17) is 9.47 Å². The minimum atomic E-state index is -2.09. The molecule has 4 nitrogen and oxygen atoms in total. The average molecular weight is 326 g/mol. The van der Waals surface area contributed by atoms with Crippen LogP contribution in [0.4, 0.5) is 0 Å². The Hall–Kier alpha value is -1.28. The van der Waals surface area contributed by atoms with Crippen molar-refractivity contribution >= 4 is 19.1 Å². The van der Waals surface area contributed by atoms with Crippen molar-refractivity contribution in [2.45, 2.75) is 59.2 Å². The third-order valence-corrected chi connectivity index (χ3v) is 4.30. The lowest BCUT2D eigenvalue weighted by molar-refractivity contribution is -0.154. The monoisotopic (exact) mass is 326 g/mol. The summed E-state index contributed by atoms with van der Waals surface area (Å²) in [6.07, 6.45) is 0.447. The summed E-state index contributed by atoms with van der Waals surface area (Å²) in [5.41, 5.74) is -0.871. The highest BCUT2D eigenvalue weighted by atomic mass is 31.1. The molecule has 0 aliphatic rings. The normalized spacial score (nSPS) is 13.5. The summed E-state index contributed by atoms with van der Waals surface area (Å²) in [4.78, 5) is 11.7. The van der Waals surface area contributed by atoms with Gasteiger partial charge in [-0.25, -0.2) is 0 Å². The van der Waals surface area contributed by atoms with Crippen molar-refractivity contribution in [1.82, 2.24) is 0 Å². The molecule has 0 radical (unpaired) electrons. The Labute approximate surface area is 134 Å². The first-order chi connectivity index (χ1) is 9.98. The summed E-state index contributed by atoms with van der Waals surface area (Å²) in [7, 11) is -2.09. The maximum Gasteiger partial charge on any atom is 0.306 e. The van der Waals surface area contributed by atoms with E-state index in [0.29, 0.717) is 17.2 Å². The topological polar surface area (TPSA) is 52.6 Å². The van der Waals surface area contributed by atoms with Gasteiger partial charge in [0, 0.05) is 6.16 Å². The van der Waals surface area contributed by atoms with Gasteiger partial charge in [-0.05, 0) is 53.7 Å². The van der Waals surface area contributed by atoms with E-state index >= 15 is 0 Å². The molecule has 0 fully saturated rings. The summed E-state index contributed by atoms with van der Waals surface area (Å²) in [5, 5.41) is 0.686. The van der Waals surface area contributed by atoms with E-state index < -0.39 is 13.4 Å². The van der Waals surface area contributed by atoms with Gasteiger partial charge in [0.25, 0.3) is 0 Å². The largest absolute Gasteiger partial charge is 0.487 e. The zero-order valence-corrected chi connectivity index (χ0v) is 15.4. The Morgan fingerprint density at radius 3 is 2.18 bits per heavy atom. The number of hydrogen-bond acceptors (Lipinski definition) is 4. The number of rotatable bonds is 5. The molecule has 1 atom stereocenters. The van der Waals surface area contributed by atoms with Crippen LogP contribution in [0.1, 0.15) is 48.0 Å². The van der Waals surface area contributed by atoms with Crippen LogP contribution in [0.2, 0.25) is 0 Å². The van der Waals surface area contributed by atoms with Crippen molar-refractivity contribution in [3.05, 3.63) is 24.3 Å². The van der Waals surface area contributed by atoms with Gasteiger partial charge in [-0.3, -0.25) is 4.79 Å². The van der Waals surface area contributed by atoms with Crippen molar-refractivity contribution in [2.75, 3.05) is 6.16 Å². The highest BCUT2D eigenvalue weighted by Crippen LogP contribution is 2.29. The Morgan fingerprint density at radius 1 is 1.05 bits per heavy atom. The molecule has 0 aliphatic carbocycles. The molecule has 0 saturated heterocycles. The minimum absolute atomic E-state index is 0.152. The zero-order valence-electron chi connectivity index (χ0n) is 14.4. The Kier molecular flexibility index (Phi) is 6.25. The summed E-state index contributed by atoms with van der Waals surface area (Å²) >= 11 is 0. The molecule has 0 aliphatic heterocycles. The summed E-state index contributed by atoms with van der Waals surface area (Å²) in [6, 6.07) is 7.31. The first-order valence-corrected chi connectivity index (χ1v) is 9.12. The van der Waals surface area contributed by atoms with Crippen molar-refractivity contribution in [3.8, 4) is 5.75 Å². The van der Waals surface area contributed by atoms with Crippen molar-refractivity contribution in [2.24, 2.45) is 0 Å². The lowest BCUT2D eigenvalue weighted by atomic mass is 10.2. The lowest BCUT2D eigenvalue weighted by Gasteiger charge is -2.23. The Balaban J connectivity index is 2.72. The molecule has 0 bridgehead atoms. The standard InChI is InChI=1S/C17H27O4P/c1-16(2,3)20-13-9-7-8-10-14(13)22(19)12-11-15(18)21-17(4,5)6/h7-10,22H,11-12H2,1-6H3. The molecule has 1 aromatic rings. The van der Waals surface area contributed by atoms with Crippen molar-refractivity contribution in [3.63, 3.8) is 0 Å². The van der Waals surface area contributed by atoms with Crippen LogP contribution in [-0.2, 0) is 14.1 Å². The lowest BCUT2D eigenvalue weighted by Crippen LogP contribution is -2.26. The number of esters is 1. The second-order valence-corrected chi connectivity index (χ2v) is 9.11. The van der Waals surface area contributed by atoms with Crippen LogP contribution in [0.3, 0.4) is 0 Å². The first kappa shape index (κ1) is 18.8. The van der Waals surface area contributed by atoms with Crippen molar-refractivity contribution < 1.29 is 18.8 Å². The molecule has 1 rings (SSSR count). The average Bonchev–Trinajstić information content (AvgIpc) is 2.32. The first-order valence-electron chi connectivity index (χ1n) is 7.51. The second kappa shape index (κ2) is 7.32. The van der Waals surface area contributed by atoms with Gasteiger partial charge in [0.2, 0.25) is 0 Å². The molecule has 124 valence electrons. The summed E-state index contributed by atoms with van der Waals surface area (Å²) < 4.78 is 23.6. The maximum absolute atomic E-state index is 12.5. The van der Waals surface area contributed by atoms with E-state index in [1.165, 1.54) is 0 Å². The fraction of sp³-hybridized carbons (Fsp3) is 0.588. The highest BCUT2D eigenvalue weighted by Gasteiger charge is 2.20. The number of ether oxygens (including phenoxy) is 2. The Morgan fingerprint density at radius 2 is 1.64 bits per heavy atom. The Bertz CT molecular complexity index is 538. The van der Waals surface area contributed by atoms with Crippen molar-refractivity contribution in [1.29, 1.82) is 0 Å². The van der Waals surface area contributed by atoms with E-state index in [-0.39, 0.29) is 18.0 Å². The molecule has 22 heavy (non-hydrogen) atoms. The number of hydrogen-bond donors (Lipinski definition) is 0. The van der Waals surface area contributed by atoms with Gasteiger partial charge < -0.3 is 14.0 Å². The van der Waals surface area contributed by atoms with Crippen LogP contribution in [0.15, 0.2) is 24.3 Å². The molecule has 0 N–H and O–H groups in total. The molecule has 0 spiro atoms. The van der Waals surface area contributed by atoms with E-state index in [9.17, 15) is 9.36 Å². The van der Waals surface area contributed by atoms with Crippen LogP contribution < -0.4 is 10.0 Å². The van der Waals surface area contributed by atoms with Gasteiger partial charge in [0.1, 0.15) is 24.8 Å². The molecule has 1 unspecified atom stereocenters.